The average molecular weight is 338 g/mol. The number of hydrogen-bond acceptors (Lipinski definition) is 3. The van der Waals surface area contributed by atoms with Crippen molar-refractivity contribution in [2.24, 2.45) is 5.92 Å². The van der Waals surface area contributed by atoms with E-state index in [4.69, 9.17) is 0 Å². The molecule has 1 amide bonds. The molecule has 0 aromatic heterocycles. The summed E-state index contributed by atoms with van der Waals surface area (Å²) in [7, 11) is 0. The molecule has 2 aromatic carbocycles. The number of rotatable bonds is 3. The molecule has 0 atom stereocenters. The molecule has 2 aliphatic rings. The highest BCUT2D eigenvalue weighted by Crippen LogP contribution is 2.41. The Kier molecular flexibility index (Phi) is 4.58. The molecular formula is C20H22N2OS. The summed E-state index contributed by atoms with van der Waals surface area (Å²) < 4.78 is 0. The normalized spacial score (nSPS) is 18.0. The van der Waals surface area contributed by atoms with Gasteiger partial charge in [0.1, 0.15) is 0 Å². The molecule has 124 valence electrons. The molecule has 0 aliphatic carbocycles. The Hall–Kier alpha value is -1.78. The summed E-state index contributed by atoms with van der Waals surface area (Å²) in [6, 6.07) is 16.2. The van der Waals surface area contributed by atoms with E-state index < -0.39 is 0 Å². The maximum Gasteiger partial charge on any atom is 0.259 e. The summed E-state index contributed by atoms with van der Waals surface area (Å²) in [5.41, 5.74) is 1.88. The molecule has 0 radical (unpaired) electrons. The van der Waals surface area contributed by atoms with Gasteiger partial charge in [0.15, 0.2) is 0 Å². The molecule has 24 heavy (non-hydrogen) atoms. The van der Waals surface area contributed by atoms with Gasteiger partial charge in [0.2, 0.25) is 0 Å². The number of fused-ring (bicyclic) bond motifs is 2. The Labute approximate surface area is 147 Å². The van der Waals surface area contributed by atoms with Crippen LogP contribution in [0.1, 0.15) is 29.6 Å². The summed E-state index contributed by atoms with van der Waals surface area (Å²) in [6.07, 6.45) is 3.51. The number of nitrogens with one attached hydrogen (secondary N) is 1. The maximum atomic E-state index is 13.2. The first kappa shape index (κ1) is 15.7. The number of carbonyl (C=O) groups excluding carboxylic acids is 1. The van der Waals surface area contributed by atoms with E-state index in [1.54, 1.807) is 11.8 Å². The third-order valence-electron chi connectivity index (χ3n) is 4.96. The van der Waals surface area contributed by atoms with Gasteiger partial charge in [-0.25, -0.2) is 0 Å². The van der Waals surface area contributed by atoms with E-state index in [9.17, 15) is 4.79 Å². The molecule has 4 rings (SSSR count). The standard InChI is InChI=1S/C20H22N2OS/c23-20-16-5-1-3-7-18(16)24-19-8-4-2-6-17(19)22(20)14-11-15-9-12-21-13-10-15/h1-8,15,21H,9-14H2. The molecule has 3 nitrogen and oxygen atoms in total. The summed E-state index contributed by atoms with van der Waals surface area (Å²) in [5, 5.41) is 3.42. The second kappa shape index (κ2) is 6.99. The van der Waals surface area contributed by atoms with Crippen molar-refractivity contribution in [3.63, 3.8) is 0 Å². The fraction of sp³-hybridized carbons (Fsp3) is 0.350. The summed E-state index contributed by atoms with van der Waals surface area (Å²) in [6.45, 7) is 3.01. The van der Waals surface area contributed by atoms with Crippen molar-refractivity contribution in [2.45, 2.75) is 29.1 Å². The number of anilines is 1. The molecule has 0 spiro atoms. The van der Waals surface area contributed by atoms with E-state index in [0.29, 0.717) is 0 Å². The lowest BCUT2D eigenvalue weighted by Gasteiger charge is -2.27. The van der Waals surface area contributed by atoms with Crippen molar-refractivity contribution in [2.75, 3.05) is 24.5 Å². The molecule has 0 bridgehead atoms. The molecular weight excluding hydrogens is 316 g/mol. The topological polar surface area (TPSA) is 32.3 Å². The minimum atomic E-state index is 0.136. The van der Waals surface area contributed by atoms with Gasteiger partial charge in [-0.1, -0.05) is 36.0 Å². The van der Waals surface area contributed by atoms with Crippen LogP contribution in [0.3, 0.4) is 0 Å². The van der Waals surface area contributed by atoms with Crippen molar-refractivity contribution in [3.8, 4) is 0 Å². The van der Waals surface area contributed by atoms with Crippen LogP contribution in [-0.2, 0) is 0 Å². The second-order valence-corrected chi connectivity index (χ2v) is 7.59. The Morgan fingerprint density at radius 3 is 2.54 bits per heavy atom. The van der Waals surface area contributed by atoms with Gasteiger partial charge in [0, 0.05) is 16.3 Å². The fourth-order valence-corrected chi connectivity index (χ4v) is 4.65. The highest BCUT2D eigenvalue weighted by molar-refractivity contribution is 7.99. The minimum Gasteiger partial charge on any atom is -0.317 e. The summed E-state index contributed by atoms with van der Waals surface area (Å²) >= 11 is 1.70. The van der Waals surface area contributed by atoms with Gasteiger partial charge in [0.25, 0.3) is 5.91 Å². The quantitative estimate of drug-likeness (QED) is 0.911. The Morgan fingerprint density at radius 2 is 1.71 bits per heavy atom. The van der Waals surface area contributed by atoms with Crippen LogP contribution >= 0.6 is 11.8 Å². The summed E-state index contributed by atoms with van der Waals surface area (Å²) in [5.74, 6) is 0.856. The highest BCUT2D eigenvalue weighted by atomic mass is 32.2. The highest BCUT2D eigenvalue weighted by Gasteiger charge is 2.27. The number of benzene rings is 2. The van der Waals surface area contributed by atoms with Crippen molar-refractivity contribution in [1.29, 1.82) is 0 Å². The lowest BCUT2D eigenvalue weighted by molar-refractivity contribution is 0.0982. The van der Waals surface area contributed by atoms with Crippen LogP contribution in [0.25, 0.3) is 0 Å². The lowest BCUT2D eigenvalue weighted by atomic mass is 9.94. The largest absolute Gasteiger partial charge is 0.317 e. The monoisotopic (exact) mass is 338 g/mol. The third kappa shape index (κ3) is 3.08. The van der Waals surface area contributed by atoms with Crippen LogP contribution < -0.4 is 10.2 Å². The molecule has 2 aliphatic heterocycles. The first-order valence-electron chi connectivity index (χ1n) is 8.71. The van der Waals surface area contributed by atoms with E-state index in [0.717, 1.165) is 48.1 Å². The average Bonchev–Trinajstić information content (AvgIpc) is 2.75. The number of nitrogens with zero attached hydrogens (tertiary/aromatic N) is 1. The number of carbonyl (C=O) groups is 1. The molecule has 1 N–H and O–H groups in total. The SMILES string of the molecule is O=C1c2ccccc2Sc2ccccc2N1CCC1CCNCC1. The van der Waals surface area contributed by atoms with Crippen LogP contribution in [0.5, 0.6) is 0 Å². The zero-order valence-electron chi connectivity index (χ0n) is 13.7. The molecule has 2 aromatic rings. The molecule has 0 unspecified atom stereocenters. The Balaban J connectivity index is 1.64. The lowest BCUT2D eigenvalue weighted by Crippen LogP contribution is -2.35. The van der Waals surface area contributed by atoms with Crippen molar-refractivity contribution >= 4 is 23.4 Å². The molecule has 4 heteroatoms. The second-order valence-electron chi connectivity index (χ2n) is 6.50. The first-order chi connectivity index (χ1) is 11.8. The number of hydrogen-bond donors (Lipinski definition) is 1. The van der Waals surface area contributed by atoms with Gasteiger partial charge in [-0.05, 0) is 62.5 Å². The van der Waals surface area contributed by atoms with Crippen LogP contribution in [0.2, 0.25) is 0 Å². The van der Waals surface area contributed by atoms with Gasteiger partial charge in [-0.15, -0.1) is 0 Å². The van der Waals surface area contributed by atoms with Crippen molar-refractivity contribution in [1.82, 2.24) is 5.32 Å². The molecule has 2 heterocycles. The van der Waals surface area contributed by atoms with Gasteiger partial charge in [-0.3, -0.25) is 4.79 Å². The summed E-state index contributed by atoms with van der Waals surface area (Å²) in [4.78, 5) is 17.4. The molecule has 1 saturated heterocycles. The molecule has 0 saturated carbocycles. The Morgan fingerprint density at radius 1 is 1.00 bits per heavy atom. The minimum absolute atomic E-state index is 0.136. The molecule has 1 fully saturated rings. The van der Waals surface area contributed by atoms with Crippen LogP contribution in [0.4, 0.5) is 5.69 Å². The van der Waals surface area contributed by atoms with E-state index in [1.165, 1.54) is 17.7 Å². The smallest absolute Gasteiger partial charge is 0.259 e. The number of para-hydroxylation sites is 1. The first-order valence-corrected chi connectivity index (χ1v) is 9.53. The van der Waals surface area contributed by atoms with Crippen LogP contribution in [-0.4, -0.2) is 25.5 Å². The van der Waals surface area contributed by atoms with Gasteiger partial charge in [-0.2, -0.15) is 0 Å². The van der Waals surface area contributed by atoms with E-state index >= 15 is 0 Å². The fourth-order valence-electron chi connectivity index (χ4n) is 3.58. The van der Waals surface area contributed by atoms with E-state index in [1.807, 2.05) is 35.2 Å². The number of piperidine rings is 1. The van der Waals surface area contributed by atoms with Gasteiger partial charge < -0.3 is 10.2 Å². The zero-order chi connectivity index (χ0) is 16.4. The van der Waals surface area contributed by atoms with Gasteiger partial charge in [0.05, 0.1) is 11.3 Å². The van der Waals surface area contributed by atoms with Crippen molar-refractivity contribution in [3.05, 3.63) is 54.1 Å². The predicted molar refractivity (Wildman–Crippen MR) is 98.9 cm³/mol. The van der Waals surface area contributed by atoms with E-state index in [2.05, 4.69) is 23.5 Å². The third-order valence-corrected chi connectivity index (χ3v) is 6.10. The zero-order valence-corrected chi connectivity index (χ0v) is 14.5. The predicted octanol–water partition coefficient (Wildman–Crippen LogP) is 4.19. The van der Waals surface area contributed by atoms with Crippen LogP contribution in [0.15, 0.2) is 58.3 Å². The van der Waals surface area contributed by atoms with Crippen LogP contribution in [0, 0.1) is 5.92 Å². The maximum absolute atomic E-state index is 13.2. The van der Waals surface area contributed by atoms with E-state index in [-0.39, 0.29) is 5.91 Å². The van der Waals surface area contributed by atoms with Crippen molar-refractivity contribution < 1.29 is 4.79 Å². The number of amides is 1. The van der Waals surface area contributed by atoms with Gasteiger partial charge >= 0.3 is 0 Å². The Bertz CT molecular complexity index is 740.